The van der Waals surface area contributed by atoms with E-state index in [4.69, 9.17) is 5.73 Å². The van der Waals surface area contributed by atoms with Gasteiger partial charge in [-0.05, 0) is 47.7 Å². The summed E-state index contributed by atoms with van der Waals surface area (Å²) in [6, 6.07) is 1.71. The molecule has 0 aromatic carbocycles. The van der Waals surface area contributed by atoms with Crippen molar-refractivity contribution in [1.29, 1.82) is 0 Å². The second-order valence-corrected chi connectivity index (χ2v) is 7.79. The van der Waals surface area contributed by atoms with Crippen molar-refractivity contribution in [2.45, 2.75) is 30.7 Å². The van der Waals surface area contributed by atoms with Gasteiger partial charge in [-0.25, -0.2) is 8.42 Å². The third-order valence-electron chi connectivity index (χ3n) is 3.56. The van der Waals surface area contributed by atoms with Crippen LogP contribution in [-0.4, -0.2) is 36.8 Å². The molecule has 1 saturated heterocycles. The molecule has 5 nitrogen and oxygen atoms in total. The molecule has 1 atom stereocenters. The first-order chi connectivity index (χ1) is 8.91. The lowest BCUT2D eigenvalue weighted by atomic mass is 9.92. The highest BCUT2D eigenvalue weighted by atomic mass is 79.9. The Labute approximate surface area is 134 Å². The molecule has 0 aliphatic carbocycles. The van der Waals surface area contributed by atoms with Crippen molar-refractivity contribution in [2.75, 3.05) is 13.1 Å². The molecule has 8 heteroatoms. The van der Waals surface area contributed by atoms with E-state index >= 15 is 0 Å². The van der Waals surface area contributed by atoms with Gasteiger partial charge in [0, 0.05) is 36.0 Å². The van der Waals surface area contributed by atoms with Crippen molar-refractivity contribution in [3.05, 3.63) is 22.9 Å². The van der Waals surface area contributed by atoms with Gasteiger partial charge in [0.15, 0.2) is 0 Å². The fourth-order valence-electron chi connectivity index (χ4n) is 2.32. The van der Waals surface area contributed by atoms with Gasteiger partial charge in [-0.1, -0.05) is 0 Å². The zero-order valence-corrected chi connectivity index (χ0v) is 14.4. The number of hydrogen-bond donors (Lipinski definition) is 1. The molecule has 1 aliphatic heterocycles. The van der Waals surface area contributed by atoms with E-state index in [1.54, 1.807) is 12.3 Å². The Morgan fingerprint density at radius 1 is 1.40 bits per heavy atom. The number of rotatable bonds is 3. The minimum Gasteiger partial charge on any atom is -0.328 e. The van der Waals surface area contributed by atoms with Gasteiger partial charge in [-0.15, -0.1) is 12.4 Å². The predicted octanol–water partition coefficient (Wildman–Crippen LogP) is 2.01. The lowest BCUT2D eigenvalue weighted by molar-refractivity contribution is 0.250. The molecule has 1 aromatic heterocycles. The Balaban J connectivity index is 0.00000200. The molecule has 0 saturated carbocycles. The van der Waals surface area contributed by atoms with Crippen molar-refractivity contribution >= 4 is 38.4 Å². The van der Waals surface area contributed by atoms with Crippen LogP contribution in [0.3, 0.4) is 0 Å². The number of nitrogens with two attached hydrogens (primary N) is 1. The van der Waals surface area contributed by atoms with E-state index in [1.807, 2.05) is 6.92 Å². The average molecular weight is 385 g/mol. The van der Waals surface area contributed by atoms with E-state index in [1.165, 1.54) is 10.5 Å². The van der Waals surface area contributed by atoms with Gasteiger partial charge in [-0.3, -0.25) is 4.98 Å². The summed E-state index contributed by atoms with van der Waals surface area (Å²) in [6.07, 6.45) is 4.59. The number of nitrogens with zero attached hydrogens (tertiary/aromatic N) is 2. The third-order valence-corrected chi connectivity index (χ3v) is 5.86. The first-order valence-electron chi connectivity index (χ1n) is 6.27. The van der Waals surface area contributed by atoms with Crippen LogP contribution in [0, 0.1) is 5.92 Å². The molecule has 2 heterocycles. The van der Waals surface area contributed by atoms with Gasteiger partial charge in [0.25, 0.3) is 0 Å². The molecule has 0 amide bonds. The second-order valence-electron chi connectivity index (χ2n) is 4.94. The topological polar surface area (TPSA) is 76.3 Å². The molecule has 1 unspecified atom stereocenters. The second kappa shape index (κ2) is 7.17. The van der Waals surface area contributed by atoms with E-state index in [0.717, 1.165) is 12.8 Å². The first-order valence-corrected chi connectivity index (χ1v) is 8.51. The van der Waals surface area contributed by atoms with Crippen LogP contribution in [-0.2, 0) is 10.0 Å². The highest BCUT2D eigenvalue weighted by Crippen LogP contribution is 2.25. The molecular weight excluding hydrogens is 366 g/mol. The zero-order valence-electron chi connectivity index (χ0n) is 11.2. The largest absolute Gasteiger partial charge is 0.328 e. The fourth-order valence-corrected chi connectivity index (χ4v) is 4.30. The number of piperidine rings is 1. The van der Waals surface area contributed by atoms with E-state index in [9.17, 15) is 8.42 Å². The normalized spacial score (nSPS) is 19.4. The zero-order chi connectivity index (χ0) is 14.0. The quantitative estimate of drug-likeness (QED) is 0.865. The van der Waals surface area contributed by atoms with Crippen LogP contribution >= 0.6 is 28.3 Å². The number of aromatic nitrogens is 1. The minimum atomic E-state index is -3.43. The third kappa shape index (κ3) is 3.92. The number of sulfonamides is 1. The lowest BCUT2D eigenvalue weighted by Gasteiger charge is -2.32. The summed E-state index contributed by atoms with van der Waals surface area (Å²) >= 11 is 3.25. The van der Waals surface area contributed by atoms with Crippen molar-refractivity contribution < 1.29 is 8.42 Å². The summed E-state index contributed by atoms with van der Waals surface area (Å²) < 4.78 is 27.1. The van der Waals surface area contributed by atoms with Crippen molar-refractivity contribution in [1.82, 2.24) is 9.29 Å². The molecule has 1 aromatic rings. The van der Waals surface area contributed by atoms with Crippen LogP contribution in [0.25, 0.3) is 0 Å². The molecule has 1 fully saturated rings. The van der Waals surface area contributed by atoms with Gasteiger partial charge in [0.05, 0.1) is 0 Å². The molecule has 2 rings (SSSR count). The number of halogens is 2. The van der Waals surface area contributed by atoms with Crippen LogP contribution in [0.1, 0.15) is 19.8 Å². The van der Waals surface area contributed by atoms with E-state index in [2.05, 4.69) is 20.9 Å². The van der Waals surface area contributed by atoms with Crippen molar-refractivity contribution in [2.24, 2.45) is 11.7 Å². The van der Waals surface area contributed by atoms with E-state index in [0.29, 0.717) is 23.5 Å². The molecular formula is C12H19BrClN3O2S. The van der Waals surface area contributed by atoms with Crippen molar-refractivity contribution in [3.8, 4) is 0 Å². The van der Waals surface area contributed by atoms with Crippen LogP contribution in [0.2, 0.25) is 0 Å². The highest BCUT2D eigenvalue weighted by molar-refractivity contribution is 9.10. The minimum absolute atomic E-state index is 0. The van der Waals surface area contributed by atoms with E-state index in [-0.39, 0.29) is 23.3 Å². The molecule has 1 aliphatic rings. The van der Waals surface area contributed by atoms with Gasteiger partial charge in [0.2, 0.25) is 10.0 Å². The lowest BCUT2D eigenvalue weighted by Crippen LogP contribution is -2.42. The summed E-state index contributed by atoms with van der Waals surface area (Å²) in [5.74, 6) is 0.409. The average Bonchev–Trinajstić information content (AvgIpc) is 2.39. The molecule has 0 radical (unpaired) electrons. The molecule has 0 bridgehead atoms. The Morgan fingerprint density at radius 2 is 2.00 bits per heavy atom. The van der Waals surface area contributed by atoms with Gasteiger partial charge in [-0.2, -0.15) is 4.31 Å². The van der Waals surface area contributed by atoms with Crippen LogP contribution in [0.5, 0.6) is 0 Å². The van der Waals surface area contributed by atoms with Crippen LogP contribution < -0.4 is 5.73 Å². The monoisotopic (exact) mass is 383 g/mol. The standard InChI is InChI=1S/C12H18BrN3O2S.ClH/c1-9(14)10-2-4-16(5-3-10)19(17,18)12-6-11(13)7-15-8-12;/h6-10H,2-5,14H2,1H3;1H. The van der Waals surface area contributed by atoms with Gasteiger partial charge in [0.1, 0.15) is 4.90 Å². The number of pyridine rings is 1. The Kier molecular flexibility index (Phi) is 6.40. The Morgan fingerprint density at radius 3 is 2.50 bits per heavy atom. The van der Waals surface area contributed by atoms with Crippen LogP contribution in [0.4, 0.5) is 0 Å². The molecule has 20 heavy (non-hydrogen) atoms. The SMILES string of the molecule is CC(N)C1CCN(S(=O)(=O)c2cncc(Br)c2)CC1.Cl. The summed E-state index contributed by atoms with van der Waals surface area (Å²) in [7, 11) is -3.43. The summed E-state index contributed by atoms with van der Waals surface area (Å²) in [6.45, 7) is 3.04. The maximum absolute atomic E-state index is 12.4. The number of hydrogen-bond acceptors (Lipinski definition) is 4. The molecule has 0 spiro atoms. The van der Waals surface area contributed by atoms with Gasteiger partial charge >= 0.3 is 0 Å². The summed E-state index contributed by atoms with van der Waals surface area (Å²) in [5, 5.41) is 0. The van der Waals surface area contributed by atoms with E-state index < -0.39 is 10.0 Å². The predicted molar refractivity (Wildman–Crippen MR) is 84.3 cm³/mol. The summed E-state index contributed by atoms with van der Waals surface area (Å²) in [4.78, 5) is 4.15. The maximum atomic E-state index is 12.4. The first kappa shape index (κ1) is 17.8. The summed E-state index contributed by atoms with van der Waals surface area (Å²) in [5.41, 5.74) is 5.87. The Hall–Kier alpha value is -0.210. The molecule has 114 valence electrons. The fraction of sp³-hybridized carbons (Fsp3) is 0.583. The van der Waals surface area contributed by atoms with Crippen LogP contribution in [0.15, 0.2) is 27.8 Å². The molecule has 2 N–H and O–H groups in total. The smallest absolute Gasteiger partial charge is 0.244 e. The van der Waals surface area contributed by atoms with Gasteiger partial charge < -0.3 is 5.73 Å². The van der Waals surface area contributed by atoms with Crippen molar-refractivity contribution in [3.63, 3.8) is 0 Å². The highest BCUT2D eigenvalue weighted by Gasteiger charge is 2.30. The Bertz CT molecular complexity index is 545. The maximum Gasteiger partial charge on any atom is 0.244 e.